The minimum absolute atomic E-state index is 0.226. The van der Waals surface area contributed by atoms with E-state index in [1.54, 1.807) is 0 Å². The van der Waals surface area contributed by atoms with E-state index in [9.17, 15) is 10.5 Å². The Morgan fingerprint density at radius 2 is 0.602 bits per heavy atom. The highest BCUT2D eigenvalue weighted by Gasteiger charge is 2.51. The van der Waals surface area contributed by atoms with Gasteiger partial charge in [0.2, 0.25) is 0 Å². The van der Waals surface area contributed by atoms with Gasteiger partial charge in [-0.25, -0.2) is 0 Å². The van der Waals surface area contributed by atoms with E-state index in [2.05, 4.69) is 322 Å². The first-order chi connectivity index (χ1) is 42.4. The Balaban J connectivity index is 1.30. The number of nitrogens with zero attached hydrogens (tertiary/aromatic N) is 4. The second-order valence-electron chi connectivity index (χ2n) is 27.0. The SMILES string of the molecule is CCc1ccc2c(c1)C(c1ccccc1)(c1ccccc1)c1cc(C(C)(C)C)ccc1N2c1c(-c2ccccc2C#N)ccc(-c2ccccc2C#N)c1N1c2ccc(C(C)(C)C)cc2C(c2ccccc2)(c2ccccc2)c2cc(C(C)(C)C)ccc21. The normalized spacial score (nSPS) is 14.0. The first kappa shape index (κ1) is 57.1. The van der Waals surface area contributed by atoms with E-state index in [0.717, 1.165) is 107 Å². The van der Waals surface area contributed by atoms with Gasteiger partial charge in [-0.1, -0.05) is 288 Å². The van der Waals surface area contributed by atoms with Crippen molar-refractivity contribution in [2.45, 2.75) is 103 Å². The van der Waals surface area contributed by atoms with Gasteiger partial charge in [0, 0.05) is 22.3 Å². The zero-order valence-electron chi connectivity index (χ0n) is 52.2. The molecule has 0 spiro atoms. The molecule has 11 aromatic rings. The van der Waals surface area contributed by atoms with Crippen molar-refractivity contribution < 1.29 is 0 Å². The Morgan fingerprint density at radius 3 is 0.898 bits per heavy atom. The Hall–Kier alpha value is -10.0. The Kier molecular flexibility index (Phi) is 14.1. The highest BCUT2D eigenvalue weighted by atomic mass is 15.2. The van der Waals surface area contributed by atoms with Crippen molar-refractivity contribution in [3.8, 4) is 34.4 Å². The Morgan fingerprint density at radius 1 is 0.318 bits per heavy atom. The fraction of sp³-hybridized carbons (Fsp3) is 0.190. The molecule has 2 heterocycles. The summed E-state index contributed by atoms with van der Waals surface area (Å²) in [6, 6.07) is 99.0. The van der Waals surface area contributed by atoms with Crippen molar-refractivity contribution >= 4 is 34.1 Å². The summed E-state index contributed by atoms with van der Waals surface area (Å²) in [5.41, 5.74) is 22.0. The standard InChI is InChI=1S/C84H74N4/c1-11-56-40-46-74-70(50-56)83(59-30-16-12-17-31-59,60-32-18-13-19-33-60)71-51-63(80(2,3)4)41-47-75(71)87(74)78-68(66-38-26-24-28-57(66)54-85)44-45-69(67-39-27-25-29-58(67)55-86)79(78)88-76-48-42-64(81(5,6)7)52-72(76)84(61-34-20-14-21-35-61,62-36-22-15-23-37-62)73-53-65(82(8,9)10)43-49-77(73)88/h12-53H,11H2,1-10H3. The average Bonchev–Trinajstić information content (AvgIpc) is 0.733. The third-order valence-electron chi connectivity index (χ3n) is 18.7. The molecule has 0 N–H and O–H groups in total. The van der Waals surface area contributed by atoms with E-state index in [0.29, 0.717) is 11.1 Å². The van der Waals surface area contributed by atoms with Crippen LogP contribution in [0.15, 0.2) is 255 Å². The summed E-state index contributed by atoms with van der Waals surface area (Å²) in [4.78, 5) is 5.09. The van der Waals surface area contributed by atoms with Crippen molar-refractivity contribution in [1.29, 1.82) is 10.5 Å². The third kappa shape index (κ3) is 9.08. The van der Waals surface area contributed by atoms with Crippen molar-refractivity contribution in [3.05, 3.63) is 333 Å². The van der Waals surface area contributed by atoms with Gasteiger partial charge in [-0.3, -0.25) is 0 Å². The minimum Gasteiger partial charge on any atom is -0.307 e. The summed E-state index contributed by atoms with van der Waals surface area (Å²) in [6.45, 7) is 23.0. The van der Waals surface area contributed by atoms with Gasteiger partial charge >= 0.3 is 0 Å². The lowest BCUT2D eigenvalue weighted by Gasteiger charge is -2.50. The molecule has 13 rings (SSSR count). The monoisotopic (exact) mass is 1140 g/mol. The molecule has 4 heteroatoms. The number of benzene rings is 11. The second-order valence-corrected chi connectivity index (χ2v) is 27.0. The largest absolute Gasteiger partial charge is 0.307 e. The van der Waals surface area contributed by atoms with Crippen molar-refractivity contribution in [2.24, 2.45) is 0 Å². The minimum atomic E-state index is -0.836. The second kappa shape index (κ2) is 21.7. The molecule has 0 amide bonds. The summed E-state index contributed by atoms with van der Waals surface area (Å²) in [7, 11) is 0. The highest BCUT2D eigenvalue weighted by Crippen LogP contribution is 2.66. The molecule has 0 aromatic heterocycles. The van der Waals surface area contributed by atoms with Gasteiger partial charge in [0.25, 0.3) is 0 Å². The lowest BCUT2D eigenvalue weighted by molar-refractivity contribution is 0.583. The summed E-state index contributed by atoms with van der Waals surface area (Å²) < 4.78 is 0. The van der Waals surface area contributed by atoms with Crippen LogP contribution in [0.2, 0.25) is 0 Å². The summed E-state index contributed by atoms with van der Waals surface area (Å²) in [6.07, 6.45) is 0.827. The number of aryl methyl sites for hydroxylation is 1. The van der Waals surface area contributed by atoms with E-state index >= 15 is 0 Å². The van der Waals surface area contributed by atoms with Gasteiger partial charge in [0.1, 0.15) is 0 Å². The predicted octanol–water partition coefficient (Wildman–Crippen LogP) is 21.6. The van der Waals surface area contributed by atoms with Crippen molar-refractivity contribution in [3.63, 3.8) is 0 Å². The average molecular weight is 1140 g/mol. The van der Waals surface area contributed by atoms with Crippen LogP contribution in [0.1, 0.15) is 147 Å². The molecular formula is C84H74N4. The van der Waals surface area contributed by atoms with Crippen LogP contribution in [0.25, 0.3) is 22.3 Å². The predicted molar refractivity (Wildman–Crippen MR) is 365 cm³/mol. The number of anilines is 6. The van der Waals surface area contributed by atoms with Crippen LogP contribution in [0.4, 0.5) is 34.1 Å². The molecule has 0 fully saturated rings. The van der Waals surface area contributed by atoms with E-state index in [4.69, 9.17) is 0 Å². The summed E-state index contributed by atoms with van der Waals surface area (Å²) in [5, 5.41) is 22.8. The van der Waals surface area contributed by atoms with E-state index in [-0.39, 0.29) is 16.2 Å². The van der Waals surface area contributed by atoms with Gasteiger partial charge in [-0.2, -0.15) is 10.5 Å². The van der Waals surface area contributed by atoms with Gasteiger partial charge in [-0.05, 0) is 126 Å². The fourth-order valence-corrected chi connectivity index (χ4v) is 14.3. The maximum atomic E-state index is 11.4. The Bertz CT molecular complexity index is 4410. The summed E-state index contributed by atoms with van der Waals surface area (Å²) >= 11 is 0. The topological polar surface area (TPSA) is 54.1 Å². The van der Waals surface area contributed by atoms with Crippen LogP contribution < -0.4 is 9.80 Å². The first-order valence-electron chi connectivity index (χ1n) is 31.0. The van der Waals surface area contributed by atoms with E-state index in [1.807, 2.05) is 24.3 Å². The zero-order valence-corrected chi connectivity index (χ0v) is 52.2. The van der Waals surface area contributed by atoms with Crippen LogP contribution in [0, 0.1) is 22.7 Å². The third-order valence-corrected chi connectivity index (χ3v) is 18.7. The smallest absolute Gasteiger partial charge is 0.0998 e. The molecule has 88 heavy (non-hydrogen) atoms. The number of nitriles is 2. The molecule has 11 aromatic carbocycles. The van der Waals surface area contributed by atoms with Crippen molar-refractivity contribution in [2.75, 3.05) is 9.80 Å². The molecule has 0 atom stereocenters. The van der Waals surface area contributed by atoms with E-state index < -0.39 is 10.8 Å². The molecule has 0 saturated heterocycles. The van der Waals surface area contributed by atoms with Gasteiger partial charge in [-0.15, -0.1) is 0 Å². The van der Waals surface area contributed by atoms with E-state index in [1.165, 1.54) is 22.3 Å². The highest BCUT2D eigenvalue weighted by molar-refractivity contribution is 6.09. The molecule has 0 bridgehead atoms. The molecule has 0 radical (unpaired) electrons. The van der Waals surface area contributed by atoms with Crippen LogP contribution in [0.3, 0.4) is 0 Å². The fourth-order valence-electron chi connectivity index (χ4n) is 14.3. The van der Waals surface area contributed by atoms with Gasteiger partial charge in [0.05, 0.1) is 68.2 Å². The molecule has 4 nitrogen and oxygen atoms in total. The number of hydrogen-bond acceptors (Lipinski definition) is 4. The number of hydrogen-bond donors (Lipinski definition) is 0. The van der Waals surface area contributed by atoms with Crippen molar-refractivity contribution in [1.82, 2.24) is 0 Å². The van der Waals surface area contributed by atoms with Crippen LogP contribution in [-0.4, -0.2) is 0 Å². The first-order valence-corrected chi connectivity index (χ1v) is 31.0. The van der Waals surface area contributed by atoms with Gasteiger partial charge in [0.15, 0.2) is 0 Å². The van der Waals surface area contributed by atoms with Crippen LogP contribution in [0.5, 0.6) is 0 Å². The molecule has 2 aliphatic heterocycles. The molecular weight excluding hydrogens is 1060 g/mol. The molecule has 430 valence electrons. The zero-order chi connectivity index (χ0) is 61.3. The molecule has 0 saturated carbocycles. The number of rotatable bonds is 9. The molecule has 0 unspecified atom stereocenters. The number of fused-ring (bicyclic) bond motifs is 4. The lowest BCUT2D eigenvalue weighted by Crippen LogP contribution is -2.40. The summed E-state index contributed by atoms with van der Waals surface area (Å²) in [5.74, 6) is 0. The van der Waals surface area contributed by atoms with Crippen LogP contribution in [-0.2, 0) is 33.5 Å². The Labute approximate surface area is 521 Å². The lowest BCUT2D eigenvalue weighted by atomic mass is 9.61. The maximum absolute atomic E-state index is 11.4. The molecule has 2 aliphatic rings. The quantitative estimate of drug-likeness (QED) is 0.145. The maximum Gasteiger partial charge on any atom is 0.0998 e. The molecule has 0 aliphatic carbocycles. The van der Waals surface area contributed by atoms with Gasteiger partial charge < -0.3 is 9.80 Å². The van der Waals surface area contributed by atoms with Crippen LogP contribution >= 0.6 is 0 Å².